The van der Waals surface area contributed by atoms with Crippen molar-refractivity contribution in [3.63, 3.8) is 0 Å². The normalized spacial score (nSPS) is 10.6. The van der Waals surface area contributed by atoms with Gasteiger partial charge in [0.1, 0.15) is 0 Å². The van der Waals surface area contributed by atoms with Gasteiger partial charge < -0.3 is 10.6 Å². The summed E-state index contributed by atoms with van der Waals surface area (Å²) in [7, 11) is 1.99. The van der Waals surface area contributed by atoms with Gasteiger partial charge in [0.15, 0.2) is 0 Å². The quantitative estimate of drug-likeness (QED) is 0.839. The Labute approximate surface area is 95.1 Å². The first-order chi connectivity index (χ1) is 7.81. The van der Waals surface area contributed by atoms with Gasteiger partial charge in [0.2, 0.25) is 5.95 Å². The van der Waals surface area contributed by atoms with Crippen LogP contribution in [0.2, 0.25) is 0 Å². The predicted molar refractivity (Wildman–Crippen MR) is 66.5 cm³/mol. The van der Waals surface area contributed by atoms with E-state index in [1.807, 2.05) is 42.4 Å². The molecule has 1 aromatic carbocycles. The van der Waals surface area contributed by atoms with E-state index >= 15 is 0 Å². The molecule has 0 saturated carbocycles. The Hall–Kier alpha value is -1.68. The van der Waals surface area contributed by atoms with Crippen molar-refractivity contribution < 1.29 is 0 Å². The minimum Gasteiger partial charge on any atom is -0.344 e. The average molecular weight is 216 g/mol. The number of rotatable bonds is 4. The maximum Gasteiger partial charge on any atom is 0.225 e. The molecule has 0 radical (unpaired) electrons. The number of hydrogen-bond donors (Lipinski definition) is 1. The molecule has 2 N–H and O–H groups in total. The number of anilines is 1. The van der Waals surface area contributed by atoms with Crippen molar-refractivity contribution in [3.8, 4) is 0 Å². The predicted octanol–water partition coefficient (Wildman–Crippen LogP) is 1.41. The molecule has 0 unspecified atom stereocenters. The van der Waals surface area contributed by atoms with Crippen molar-refractivity contribution in [2.75, 3.05) is 25.0 Å². The standard InChI is InChI=1S/C12H16N4/c1-16(8-4-7-13)12-14-9-10-5-2-3-6-11(10)15-12/h2-3,5-6,9H,4,7-8,13H2,1H3. The number of aromatic nitrogens is 2. The molecule has 4 nitrogen and oxygen atoms in total. The summed E-state index contributed by atoms with van der Waals surface area (Å²) in [6, 6.07) is 7.98. The molecule has 0 atom stereocenters. The van der Waals surface area contributed by atoms with Crippen LogP contribution in [0.25, 0.3) is 10.9 Å². The molecule has 0 aliphatic carbocycles. The van der Waals surface area contributed by atoms with Crippen molar-refractivity contribution in [1.29, 1.82) is 0 Å². The SMILES string of the molecule is CN(CCCN)c1ncc2ccccc2n1. The maximum atomic E-state index is 5.48. The monoisotopic (exact) mass is 216 g/mol. The summed E-state index contributed by atoms with van der Waals surface area (Å²) < 4.78 is 0. The van der Waals surface area contributed by atoms with Gasteiger partial charge in [-0.05, 0) is 19.0 Å². The summed E-state index contributed by atoms with van der Waals surface area (Å²) in [6.45, 7) is 1.58. The fourth-order valence-electron chi connectivity index (χ4n) is 1.57. The Kier molecular flexibility index (Phi) is 3.31. The third-order valence-electron chi connectivity index (χ3n) is 2.52. The van der Waals surface area contributed by atoms with Gasteiger partial charge in [-0.2, -0.15) is 0 Å². The van der Waals surface area contributed by atoms with Gasteiger partial charge in [0, 0.05) is 25.2 Å². The Bertz CT molecular complexity index is 469. The van der Waals surface area contributed by atoms with Gasteiger partial charge in [-0.1, -0.05) is 18.2 Å². The molecule has 4 heteroatoms. The number of nitrogens with zero attached hydrogens (tertiary/aromatic N) is 3. The van der Waals surface area contributed by atoms with Crippen molar-refractivity contribution in [2.45, 2.75) is 6.42 Å². The van der Waals surface area contributed by atoms with Gasteiger partial charge in [-0.15, -0.1) is 0 Å². The Morgan fingerprint density at radius 2 is 2.12 bits per heavy atom. The molecule has 84 valence electrons. The van der Waals surface area contributed by atoms with E-state index in [2.05, 4.69) is 9.97 Å². The van der Waals surface area contributed by atoms with Crippen molar-refractivity contribution in [2.24, 2.45) is 5.73 Å². The molecule has 1 heterocycles. The van der Waals surface area contributed by atoms with Crippen molar-refractivity contribution in [1.82, 2.24) is 9.97 Å². The summed E-state index contributed by atoms with van der Waals surface area (Å²) in [4.78, 5) is 10.9. The minimum absolute atomic E-state index is 0.692. The van der Waals surface area contributed by atoms with Crippen LogP contribution in [0.5, 0.6) is 0 Å². The second-order valence-electron chi connectivity index (χ2n) is 3.79. The Morgan fingerprint density at radius 3 is 2.94 bits per heavy atom. The molecule has 0 amide bonds. The topological polar surface area (TPSA) is 55.0 Å². The van der Waals surface area contributed by atoms with Crippen LogP contribution in [-0.4, -0.2) is 30.1 Å². The largest absolute Gasteiger partial charge is 0.344 e. The lowest BCUT2D eigenvalue weighted by molar-refractivity contribution is 0.777. The van der Waals surface area contributed by atoms with Crippen molar-refractivity contribution in [3.05, 3.63) is 30.5 Å². The van der Waals surface area contributed by atoms with E-state index in [1.165, 1.54) is 0 Å². The minimum atomic E-state index is 0.692. The molecular weight excluding hydrogens is 200 g/mol. The number of benzene rings is 1. The zero-order valence-electron chi connectivity index (χ0n) is 9.43. The highest BCUT2D eigenvalue weighted by Crippen LogP contribution is 2.13. The molecule has 0 aliphatic heterocycles. The van der Waals surface area contributed by atoms with Crippen LogP contribution in [0.15, 0.2) is 30.5 Å². The molecule has 0 aliphatic rings. The fraction of sp³-hybridized carbons (Fsp3) is 0.333. The summed E-state index contributed by atoms with van der Waals surface area (Å²) in [5.41, 5.74) is 6.46. The highest BCUT2D eigenvalue weighted by atomic mass is 15.2. The molecule has 0 saturated heterocycles. The van der Waals surface area contributed by atoms with E-state index in [1.54, 1.807) is 0 Å². The van der Waals surface area contributed by atoms with Crippen LogP contribution in [0.3, 0.4) is 0 Å². The van der Waals surface area contributed by atoms with E-state index in [-0.39, 0.29) is 0 Å². The van der Waals surface area contributed by atoms with Gasteiger partial charge in [-0.3, -0.25) is 0 Å². The first-order valence-electron chi connectivity index (χ1n) is 5.44. The van der Waals surface area contributed by atoms with E-state index < -0.39 is 0 Å². The number of hydrogen-bond acceptors (Lipinski definition) is 4. The van der Waals surface area contributed by atoms with Crippen LogP contribution in [0.4, 0.5) is 5.95 Å². The third kappa shape index (κ3) is 2.28. The Balaban J connectivity index is 2.25. The van der Waals surface area contributed by atoms with Crippen molar-refractivity contribution >= 4 is 16.9 Å². The van der Waals surface area contributed by atoms with Crippen LogP contribution in [-0.2, 0) is 0 Å². The lowest BCUT2D eigenvalue weighted by atomic mass is 10.2. The molecule has 2 rings (SSSR count). The van der Waals surface area contributed by atoms with Gasteiger partial charge in [-0.25, -0.2) is 9.97 Å². The lowest BCUT2D eigenvalue weighted by Crippen LogP contribution is -2.22. The lowest BCUT2D eigenvalue weighted by Gasteiger charge is -2.16. The van der Waals surface area contributed by atoms with E-state index in [0.29, 0.717) is 6.54 Å². The molecule has 0 bridgehead atoms. The summed E-state index contributed by atoms with van der Waals surface area (Å²) in [5, 5.41) is 1.07. The molecule has 2 aromatic rings. The first kappa shape index (κ1) is 10.8. The second-order valence-corrected chi connectivity index (χ2v) is 3.79. The molecular formula is C12H16N4. The summed E-state index contributed by atoms with van der Waals surface area (Å²) >= 11 is 0. The van der Waals surface area contributed by atoms with Crippen LogP contribution in [0.1, 0.15) is 6.42 Å². The Morgan fingerprint density at radius 1 is 1.31 bits per heavy atom. The smallest absolute Gasteiger partial charge is 0.225 e. The zero-order chi connectivity index (χ0) is 11.4. The third-order valence-corrected chi connectivity index (χ3v) is 2.52. The highest BCUT2D eigenvalue weighted by molar-refractivity contribution is 5.78. The number of fused-ring (bicyclic) bond motifs is 1. The van der Waals surface area contributed by atoms with Gasteiger partial charge >= 0.3 is 0 Å². The summed E-state index contributed by atoms with van der Waals surface area (Å²) in [5.74, 6) is 0.757. The second kappa shape index (κ2) is 4.90. The fourth-order valence-corrected chi connectivity index (χ4v) is 1.57. The molecule has 0 spiro atoms. The van der Waals surface area contributed by atoms with E-state index in [9.17, 15) is 0 Å². The van der Waals surface area contributed by atoms with E-state index in [4.69, 9.17) is 5.73 Å². The number of nitrogens with two attached hydrogens (primary N) is 1. The molecule has 16 heavy (non-hydrogen) atoms. The summed E-state index contributed by atoms with van der Waals surface area (Å²) in [6.07, 6.45) is 2.81. The van der Waals surface area contributed by atoms with Crippen LogP contribution >= 0.6 is 0 Å². The number of para-hydroxylation sites is 1. The zero-order valence-corrected chi connectivity index (χ0v) is 9.43. The van der Waals surface area contributed by atoms with Crippen LogP contribution < -0.4 is 10.6 Å². The average Bonchev–Trinajstić information content (AvgIpc) is 2.35. The highest BCUT2D eigenvalue weighted by Gasteiger charge is 2.04. The molecule has 0 fully saturated rings. The first-order valence-corrected chi connectivity index (χ1v) is 5.44. The maximum absolute atomic E-state index is 5.48. The van der Waals surface area contributed by atoms with E-state index in [0.717, 1.165) is 29.8 Å². The van der Waals surface area contributed by atoms with Gasteiger partial charge in [0.05, 0.1) is 5.52 Å². The van der Waals surface area contributed by atoms with Gasteiger partial charge in [0.25, 0.3) is 0 Å². The molecule has 1 aromatic heterocycles. The van der Waals surface area contributed by atoms with Crippen LogP contribution in [0, 0.1) is 0 Å².